The van der Waals surface area contributed by atoms with Crippen LogP contribution in [0.5, 0.6) is 0 Å². The lowest BCUT2D eigenvalue weighted by Crippen LogP contribution is -2.46. The fourth-order valence-corrected chi connectivity index (χ4v) is 7.73. The van der Waals surface area contributed by atoms with Crippen LogP contribution in [0.2, 0.25) is 0 Å². The molecule has 0 aromatic heterocycles. The molecule has 354 valence electrons. The van der Waals surface area contributed by atoms with Crippen LogP contribution in [0.25, 0.3) is 0 Å². The van der Waals surface area contributed by atoms with Crippen LogP contribution in [0, 0.1) is 0 Å². The van der Waals surface area contributed by atoms with Crippen LogP contribution in [-0.2, 0) is 14.3 Å². The fourth-order valence-electron chi connectivity index (χ4n) is 7.73. The molecule has 6 heteroatoms. The van der Waals surface area contributed by atoms with E-state index in [0.717, 1.165) is 77.0 Å². The molecule has 0 aliphatic rings. The SMILES string of the molecule is CC/C=C/C=C/C=C/C=C\CCCCCC(CC(=O)NC(CO)C(O)CCCCCCCCCCCCCCC)OC(=O)CCCCCCC/C=C/CCCCCCCCC. The molecule has 3 unspecified atom stereocenters. The number of aliphatic hydroxyl groups excluding tert-OH is 2. The molecule has 61 heavy (non-hydrogen) atoms. The Morgan fingerprint density at radius 2 is 0.902 bits per heavy atom. The van der Waals surface area contributed by atoms with Crippen molar-refractivity contribution in [2.45, 2.75) is 270 Å². The largest absolute Gasteiger partial charge is 0.462 e. The third-order valence-electron chi connectivity index (χ3n) is 11.7. The molecule has 0 rings (SSSR count). The van der Waals surface area contributed by atoms with E-state index in [4.69, 9.17) is 4.74 Å². The van der Waals surface area contributed by atoms with Gasteiger partial charge in [0.1, 0.15) is 6.10 Å². The van der Waals surface area contributed by atoms with E-state index in [1.807, 2.05) is 24.3 Å². The molecule has 0 saturated heterocycles. The highest BCUT2D eigenvalue weighted by Gasteiger charge is 2.24. The van der Waals surface area contributed by atoms with Crippen LogP contribution in [0.4, 0.5) is 0 Å². The lowest BCUT2D eigenvalue weighted by atomic mass is 10.0. The molecule has 0 spiro atoms. The molecular weight excluding hydrogens is 755 g/mol. The summed E-state index contributed by atoms with van der Waals surface area (Å²) in [6.45, 7) is 6.33. The number of carbonyl (C=O) groups is 2. The molecule has 0 bridgehead atoms. The van der Waals surface area contributed by atoms with E-state index in [1.54, 1.807) is 0 Å². The Kier molecular flexibility index (Phi) is 46.6. The molecule has 6 nitrogen and oxygen atoms in total. The Labute approximate surface area is 378 Å². The molecule has 3 N–H and O–H groups in total. The number of allylic oxidation sites excluding steroid dienone is 10. The van der Waals surface area contributed by atoms with Crippen LogP contribution in [-0.4, -0.2) is 46.9 Å². The maximum Gasteiger partial charge on any atom is 0.306 e. The summed E-state index contributed by atoms with van der Waals surface area (Å²) in [5, 5.41) is 23.8. The second kappa shape index (κ2) is 48.6. The zero-order valence-corrected chi connectivity index (χ0v) is 40.3. The quantitative estimate of drug-likeness (QED) is 0.0245. The molecule has 0 radical (unpaired) electrons. The Hall–Kier alpha value is -2.44. The first-order valence-electron chi connectivity index (χ1n) is 26.1. The second-order valence-electron chi connectivity index (χ2n) is 17.6. The molecule has 0 aliphatic carbocycles. The Balaban J connectivity index is 4.62. The highest BCUT2D eigenvalue weighted by molar-refractivity contribution is 5.77. The second-order valence-corrected chi connectivity index (χ2v) is 17.6. The molecule has 0 heterocycles. The number of hydrogen-bond donors (Lipinski definition) is 3. The number of unbranched alkanes of at least 4 members (excludes halogenated alkanes) is 27. The van der Waals surface area contributed by atoms with Gasteiger partial charge in [-0.15, -0.1) is 0 Å². The smallest absolute Gasteiger partial charge is 0.306 e. The zero-order valence-electron chi connectivity index (χ0n) is 40.3. The first kappa shape index (κ1) is 58.6. The van der Waals surface area contributed by atoms with Gasteiger partial charge in [0, 0.05) is 6.42 Å². The molecular formula is C55H99NO5. The van der Waals surface area contributed by atoms with Gasteiger partial charge in [0.2, 0.25) is 5.91 Å². The topological polar surface area (TPSA) is 95.9 Å². The Morgan fingerprint density at radius 1 is 0.492 bits per heavy atom. The first-order valence-corrected chi connectivity index (χ1v) is 26.1. The number of rotatable bonds is 46. The van der Waals surface area contributed by atoms with Crippen LogP contribution >= 0.6 is 0 Å². The van der Waals surface area contributed by atoms with Crippen molar-refractivity contribution in [2.75, 3.05) is 6.61 Å². The van der Waals surface area contributed by atoms with Gasteiger partial charge in [0.15, 0.2) is 0 Å². The van der Waals surface area contributed by atoms with Gasteiger partial charge in [-0.25, -0.2) is 0 Å². The van der Waals surface area contributed by atoms with E-state index in [0.29, 0.717) is 19.3 Å². The summed E-state index contributed by atoms with van der Waals surface area (Å²) in [4.78, 5) is 26.1. The number of esters is 1. The summed E-state index contributed by atoms with van der Waals surface area (Å²) in [5.41, 5.74) is 0. The summed E-state index contributed by atoms with van der Waals surface area (Å²) >= 11 is 0. The Morgan fingerprint density at radius 3 is 1.41 bits per heavy atom. The van der Waals surface area contributed by atoms with Crippen LogP contribution in [0.15, 0.2) is 60.8 Å². The predicted molar refractivity (Wildman–Crippen MR) is 264 cm³/mol. The van der Waals surface area contributed by atoms with E-state index in [9.17, 15) is 19.8 Å². The van der Waals surface area contributed by atoms with E-state index in [1.165, 1.54) is 128 Å². The zero-order chi connectivity index (χ0) is 44.5. The van der Waals surface area contributed by atoms with E-state index < -0.39 is 18.2 Å². The summed E-state index contributed by atoms with van der Waals surface area (Å²) in [6, 6.07) is -0.717. The number of nitrogens with one attached hydrogen (secondary N) is 1. The molecule has 3 atom stereocenters. The summed E-state index contributed by atoms with van der Waals surface area (Å²) < 4.78 is 5.91. The maximum atomic E-state index is 13.2. The summed E-state index contributed by atoms with van der Waals surface area (Å²) in [7, 11) is 0. The van der Waals surface area contributed by atoms with Crippen molar-refractivity contribution in [2.24, 2.45) is 0 Å². The molecule has 1 amide bonds. The minimum Gasteiger partial charge on any atom is -0.462 e. The molecule has 0 aromatic rings. The third kappa shape index (κ3) is 44.0. The number of ether oxygens (including phenoxy) is 1. The van der Waals surface area contributed by atoms with Crippen LogP contribution in [0.3, 0.4) is 0 Å². The van der Waals surface area contributed by atoms with Crippen molar-refractivity contribution >= 4 is 11.9 Å². The monoisotopic (exact) mass is 854 g/mol. The molecule has 0 fully saturated rings. The highest BCUT2D eigenvalue weighted by Crippen LogP contribution is 2.17. The van der Waals surface area contributed by atoms with Crippen LogP contribution in [0.1, 0.15) is 252 Å². The lowest BCUT2D eigenvalue weighted by Gasteiger charge is -2.24. The van der Waals surface area contributed by atoms with Gasteiger partial charge in [-0.1, -0.05) is 229 Å². The van der Waals surface area contributed by atoms with E-state index in [2.05, 4.69) is 62.5 Å². The minimum absolute atomic E-state index is 0.0475. The molecule has 0 aliphatic heterocycles. The summed E-state index contributed by atoms with van der Waals surface area (Å²) in [6.07, 6.45) is 59.9. The molecule has 0 aromatic carbocycles. The van der Waals surface area contributed by atoms with Gasteiger partial charge < -0.3 is 20.3 Å². The van der Waals surface area contributed by atoms with Gasteiger partial charge in [0.25, 0.3) is 0 Å². The molecule has 0 saturated carbocycles. The van der Waals surface area contributed by atoms with Gasteiger partial charge in [-0.05, 0) is 70.6 Å². The van der Waals surface area contributed by atoms with Crippen molar-refractivity contribution in [3.8, 4) is 0 Å². The summed E-state index contributed by atoms with van der Waals surface area (Å²) in [5.74, 6) is -0.520. The third-order valence-corrected chi connectivity index (χ3v) is 11.7. The van der Waals surface area contributed by atoms with Crippen molar-refractivity contribution in [1.82, 2.24) is 5.32 Å². The van der Waals surface area contributed by atoms with Crippen molar-refractivity contribution in [1.29, 1.82) is 0 Å². The van der Waals surface area contributed by atoms with E-state index >= 15 is 0 Å². The van der Waals surface area contributed by atoms with Crippen molar-refractivity contribution in [3.05, 3.63) is 60.8 Å². The Bertz CT molecular complexity index is 1090. The average Bonchev–Trinajstić information content (AvgIpc) is 3.25. The number of amides is 1. The minimum atomic E-state index is -0.801. The first-order chi connectivity index (χ1) is 30.0. The van der Waals surface area contributed by atoms with Crippen molar-refractivity contribution in [3.63, 3.8) is 0 Å². The fraction of sp³-hybridized carbons (Fsp3) is 0.782. The predicted octanol–water partition coefficient (Wildman–Crippen LogP) is 15.6. The number of hydrogen-bond acceptors (Lipinski definition) is 5. The normalized spacial score (nSPS) is 13.7. The number of carbonyl (C=O) groups excluding carboxylic acids is 2. The lowest BCUT2D eigenvalue weighted by molar-refractivity contribution is -0.151. The van der Waals surface area contributed by atoms with E-state index in [-0.39, 0.29) is 24.9 Å². The van der Waals surface area contributed by atoms with Gasteiger partial charge >= 0.3 is 5.97 Å². The van der Waals surface area contributed by atoms with Crippen LogP contribution < -0.4 is 5.32 Å². The standard InChI is InChI=1S/C55H99NO5/c1-4-7-10-13-16-19-22-25-26-27-30-33-36-39-42-45-48-55(60)61-51(46-43-40-37-34-31-28-23-20-17-14-11-8-5-2)49-54(59)56-52(50-57)53(58)47-44-41-38-35-32-29-24-21-18-15-12-9-6-3/h8,11,14,17,20,23,26-28,31,51-53,57-58H,4-7,9-10,12-13,15-16,18-19,21-22,24-25,29-30,32-50H2,1-3H3,(H,56,59)/b11-8+,17-14+,23-20+,27-26+,31-28-. The van der Waals surface area contributed by atoms with Gasteiger partial charge in [-0.3, -0.25) is 9.59 Å². The average molecular weight is 854 g/mol. The number of aliphatic hydroxyl groups is 2. The highest BCUT2D eigenvalue weighted by atomic mass is 16.5. The maximum absolute atomic E-state index is 13.2. The van der Waals surface area contributed by atoms with Gasteiger partial charge in [0.05, 0.1) is 25.2 Å². The van der Waals surface area contributed by atoms with Crippen molar-refractivity contribution < 1.29 is 24.5 Å². The van der Waals surface area contributed by atoms with Gasteiger partial charge in [-0.2, -0.15) is 0 Å².